The van der Waals surface area contributed by atoms with Crippen molar-refractivity contribution in [2.75, 3.05) is 26.8 Å². The van der Waals surface area contributed by atoms with Gasteiger partial charge < -0.3 is 19.4 Å². The van der Waals surface area contributed by atoms with Gasteiger partial charge >= 0.3 is 5.97 Å². The van der Waals surface area contributed by atoms with Gasteiger partial charge in [0.25, 0.3) is 0 Å². The second kappa shape index (κ2) is 5.95. The Kier molecular flexibility index (Phi) is 4.47. The minimum atomic E-state index is -0.983. The minimum absolute atomic E-state index is 0.193. The van der Waals surface area contributed by atoms with Crippen molar-refractivity contribution in [3.8, 4) is 0 Å². The first-order valence-corrected chi connectivity index (χ1v) is 6.71. The molecule has 6 nitrogen and oxygen atoms in total. The van der Waals surface area contributed by atoms with Gasteiger partial charge in [0.05, 0.1) is 12.1 Å². The second-order valence-corrected chi connectivity index (χ2v) is 5.50. The molecule has 2 heterocycles. The summed E-state index contributed by atoms with van der Waals surface area (Å²) in [5.74, 6) is 0.0203. The Morgan fingerprint density at radius 1 is 1.45 bits per heavy atom. The lowest BCUT2D eigenvalue weighted by Gasteiger charge is -2.35. The van der Waals surface area contributed by atoms with E-state index in [2.05, 4.69) is 0 Å². The smallest absolute Gasteiger partial charge is 0.339 e. The zero-order valence-corrected chi connectivity index (χ0v) is 11.9. The highest BCUT2D eigenvalue weighted by molar-refractivity contribution is 5.88. The number of nitrogens with zero attached hydrogens (tertiary/aromatic N) is 1. The number of hydrogen-bond donors (Lipinski definition) is 2. The number of carbonyl (C=O) groups is 1. The molecule has 1 aromatic rings. The molecule has 0 aromatic carbocycles. The maximum absolute atomic E-state index is 11.0. The highest BCUT2D eigenvalue weighted by Crippen LogP contribution is 2.23. The average Bonchev–Trinajstić information content (AvgIpc) is 2.70. The van der Waals surface area contributed by atoms with Gasteiger partial charge in [0, 0.05) is 32.6 Å². The number of aliphatic hydroxyl groups is 1. The third-order valence-electron chi connectivity index (χ3n) is 3.61. The second-order valence-electron chi connectivity index (χ2n) is 5.50. The summed E-state index contributed by atoms with van der Waals surface area (Å²) in [4.78, 5) is 12.9. The van der Waals surface area contributed by atoms with Gasteiger partial charge in [-0.15, -0.1) is 0 Å². The van der Waals surface area contributed by atoms with E-state index in [9.17, 15) is 9.90 Å². The van der Waals surface area contributed by atoms with Crippen LogP contribution in [0.1, 0.15) is 34.7 Å². The van der Waals surface area contributed by atoms with Crippen LogP contribution in [-0.2, 0) is 11.3 Å². The van der Waals surface area contributed by atoms with Crippen LogP contribution in [-0.4, -0.2) is 53.5 Å². The topological polar surface area (TPSA) is 83.1 Å². The SMILES string of the molecule is Cc1oc(CN(C)CC2(O)CCOCC2)cc1C(=O)O. The molecule has 6 heteroatoms. The fourth-order valence-corrected chi connectivity index (χ4v) is 2.57. The predicted octanol–water partition coefficient (Wildman–Crippen LogP) is 1.26. The molecule has 0 spiro atoms. The molecule has 0 amide bonds. The van der Waals surface area contributed by atoms with Gasteiger partial charge in [-0.25, -0.2) is 4.79 Å². The van der Waals surface area contributed by atoms with Crippen LogP contribution >= 0.6 is 0 Å². The zero-order chi connectivity index (χ0) is 14.8. The molecule has 0 bridgehead atoms. The van der Waals surface area contributed by atoms with Crippen molar-refractivity contribution >= 4 is 5.97 Å². The van der Waals surface area contributed by atoms with E-state index in [4.69, 9.17) is 14.3 Å². The number of hydrogen-bond acceptors (Lipinski definition) is 5. The molecule has 1 aromatic heterocycles. The fraction of sp³-hybridized carbons (Fsp3) is 0.643. The first-order chi connectivity index (χ1) is 9.39. The van der Waals surface area contributed by atoms with Crippen molar-refractivity contribution in [3.05, 3.63) is 23.2 Å². The third kappa shape index (κ3) is 3.59. The molecule has 1 aliphatic heterocycles. The van der Waals surface area contributed by atoms with Crippen LogP contribution in [0.3, 0.4) is 0 Å². The molecule has 0 atom stereocenters. The Morgan fingerprint density at radius 3 is 2.65 bits per heavy atom. The number of likely N-dealkylation sites (N-methyl/N-ethyl adjacent to an activating group) is 1. The van der Waals surface area contributed by atoms with Crippen LogP contribution in [0.25, 0.3) is 0 Å². The van der Waals surface area contributed by atoms with E-state index in [0.29, 0.717) is 50.7 Å². The van der Waals surface area contributed by atoms with Crippen LogP contribution in [0.5, 0.6) is 0 Å². The van der Waals surface area contributed by atoms with Crippen molar-refractivity contribution in [3.63, 3.8) is 0 Å². The Bertz CT molecular complexity index is 476. The summed E-state index contributed by atoms with van der Waals surface area (Å²) >= 11 is 0. The third-order valence-corrected chi connectivity index (χ3v) is 3.61. The summed E-state index contributed by atoms with van der Waals surface area (Å²) < 4.78 is 10.7. The van der Waals surface area contributed by atoms with Gasteiger partial charge in [0.15, 0.2) is 0 Å². The standard InChI is InChI=1S/C14H21NO5/c1-10-12(13(16)17)7-11(20-10)8-15(2)9-14(18)3-5-19-6-4-14/h7,18H,3-6,8-9H2,1-2H3,(H,16,17). The molecular weight excluding hydrogens is 262 g/mol. The van der Waals surface area contributed by atoms with Crippen LogP contribution in [0.2, 0.25) is 0 Å². The normalized spacial score (nSPS) is 18.4. The maximum Gasteiger partial charge on any atom is 0.339 e. The van der Waals surface area contributed by atoms with Crippen molar-refractivity contribution in [1.82, 2.24) is 4.90 Å². The zero-order valence-electron chi connectivity index (χ0n) is 11.9. The van der Waals surface area contributed by atoms with E-state index >= 15 is 0 Å². The summed E-state index contributed by atoms with van der Waals surface area (Å²) in [7, 11) is 1.88. The van der Waals surface area contributed by atoms with E-state index in [1.807, 2.05) is 11.9 Å². The Labute approximate surface area is 117 Å². The van der Waals surface area contributed by atoms with Crippen molar-refractivity contribution in [1.29, 1.82) is 0 Å². The highest BCUT2D eigenvalue weighted by atomic mass is 16.5. The lowest BCUT2D eigenvalue weighted by Crippen LogP contribution is -2.45. The van der Waals surface area contributed by atoms with E-state index < -0.39 is 11.6 Å². The molecule has 2 N–H and O–H groups in total. The molecule has 1 aliphatic rings. The van der Waals surface area contributed by atoms with Gasteiger partial charge in [-0.05, 0) is 20.0 Å². The molecule has 0 radical (unpaired) electrons. The summed E-state index contributed by atoms with van der Waals surface area (Å²) in [5.41, 5.74) is -0.539. The highest BCUT2D eigenvalue weighted by Gasteiger charge is 2.31. The van der Waals surface area contributed by atoms with Crippen LogP contribution in [0, 0.1) is 6.92 Å². The molecule has 20 heavy (non-hydrogen) atoms. The number of rotatable bonds is 5. The number of aryl methyl sites for hydroxylation is 1. The van der Waals surface area contributed by atoms with Gasteiger partial charge in [0.2, 0.25) is 0 Å². The predicted molar refractivity (Wildman–Crippen MR) is 71.7 cm³/mol. The number of carboxylic acid groups (broad SMARTS) is 1. The quantitative estimate of drug-likeness (QED) is 0.846. The number of carboxylic acids is 1. The number of ether oxygens (including phenoxy) is 1. The average molecular weight is 283 g/mol. The molecule has 0 unspecified atom stereocenters. The number of furan rings is 1. The van der Waals surface area contributed by atoms with Crippen molar-refractivity contribution in [2.45, 2.75) is 31.9 Å². The van der Waals surface area contributed by atoms with E-state index in [1.54, 1.807) is 13.0 Å². The van der Waals surface area contributed by atoms with Gasteiger partial charge in [-0.2, -0.15) is 0 Å². The largest absolute Gasteiger partial charge is 0.478 e. The van der Waals surface area contributed by atoms with Crippen molar-refractivity contribution < 1.29 is 24.2 Å². The Morgan fingerprint density at radius 2 is 2.10 bits per heavy atom. The van der Waals surface area contributed by atoms with Gasteiger partial charge in [0.1, 0.15) is 17.1 Å². The molecule has 2 rings (SSSR count). The summed E-state index contributed by atoms with van der Waals surface area (Å²) in [5, 5.41) is 19.4. The Hall–Kier alpha value is -1.37. The summed E-state index contributed by atoms with van der Waals surface area (Å²) in [6.45, 7) is 3.77. The van der Waals surface area contributed by atoms with Gasteiger partial charge in [-0.1, -0.05) is 0 Å². The van der Waals surface area contributed by atoms with E-state index in [1.165, 1.54) is 0 Å². The van der Waals surface area contributed by atoms with E-state index in [0.717, 1.165) is 0 Å². The maximum atomic E-state index is 11.0. The first-order valence-electron chi connectivity index (χ1n) is 6.71. The molecule has 1 saturated heterocycles. The molecular formula is C14H21NO5. The lowest BCUT2D eigenvalue weighted by molar-refractivity contribution is -0.0782. The minimum Gasteiger partial charge on any atom is -0.478 e. The monoisotopic (exact) mass is 283 g/mol. The molecule has 0 aliphatic carbocycles. The fourth-order valence-electron chi connectivity index (χ4n) is 2.57. The number of aromatic carboxylic acids is 1. The van der Waals surface area contributed by atoms with Crippen LogP contribution in [0.15, 0.2) is 10.5 Å². The van der Waals surface area contributed by atoms with Crippen molar-refractivity contribution in [2.24, 2.45) is 0 Å². The van der Waals surface area contributed by atoms with Gasteiger partial charge in [-0.3, -0.25) is 4.90 Å². The first kappa shape index (κ1) is 15.0. The van der Waals surface area contributed by atoms with Crippen LogP contribution < -0.4 is 0 Å². The molecule has 1 fully saturated rings. The molecule has 0 saturated carbocycles. The van der Waals surface area contributed by atoms with E-state index in [-0.39, 0.29) is 5.56 Å². The summed E-state index contributed by atoms with van der Waals surface area (Å²) in [6, 6.07) is 1.54. The molecule has 112 valence electrons. The summed E-state index contributed by atoms with van der Waals surface area (Å²) in [6.07, 6.45) is 1.24. The Balaban J connectivity index is 1.95. The lowest BCUT2D eigenvalue weighted by atomic mass is 9.94. The van der Waals surface area contributed by atoms with Crippen LogP contribution in [0.4, 0.5) is 0 Å².